The number of anilines is 1. The molecule has 1 aromatic heterocycles. The smallest absolute Gasteiger partial charge is 0.270 e. The molecule has 0 aromatic carbocycles. The van der Waals surface area contributed by atoms with E-state index in [1.54, 1.807) is 0 Å². The first kappa shape index (κ1) is 18.3. The van der Waals surface area contributed by atoms with Crippen molar-refractivity contribution in [1.82, 2.24) is 20.2 Å². The van der Waals surface area contributed by atoms with Crippen LogP contribution in [0, 0.1) is 18.8 Å². The monoisotopic (exact) mass is 387 g/mol. The zero-order valence-corrected chi connectivity index (χ0v) is 16.4. The molecule has 5 rings (SSSR count). The number of aliphatic hydroxyl groups excluding tert-OH is 1. The lowest BCUT2D eigenvalue weighted by Gasteiger charge is -2.43. The standard InChI is InChI=1S/C20H29N5O3/c1-12-22-18-15(2-3-21-20(18)27)19(23-12)25-10-13-8-16(17(26)9-14(13)11-25)24-4-6-28-7-5-24/h13-14,16-17,26H,2-11H2,1H3,(H,21,27)/t13-,14+,16-,17-/m1/s1. The van der Waals surface area contributed by atoms with Crippen molar-refractivity contribution in [3.63, 3.8) is 0 Å². The van der Waals surface area contributed by atoms with Crippen LogP contribution in [-0.2, 0) is 11.2 Å². The minimum absolute atomic E-state index is 0.0904. The third-order valence-corrected chi connectivity index (χ3v) is 6.90. The summed E-state index contributed by atoms with van der Waals surface area (Å²) in [7, 11) is 0. The lowest BCUT2D eigenvalue weighted by Crippen LogP contribution is -2.53. The maximum absolute atomic E-state index is 12.2. The Labute approximate surface area is 165 Å². The fourth-order valence-electron chi connectivity index (χ4n) is 5.53. The first-order valence-corrected chi connectivity index (χ1v) is 10.5. The van der Waals surface area contributed by atoms with Crippen LogP contribution in [0.3, 0.4) is 0 Å². The maximum atomic E-state index is 12.2. The van der Waals surface area contributed by atoms with E-state index in [-0.39, 0.29) is 18.1 Å². The summed E-state index contributed by atoms with van der Waals surface area (Å²) in [6.45, 7) is 7.70. The van der Waals surface area contributed by atoms with Crippen LogP contribution in [0.25, 0.3) is 0 Å². The predicted molar refractivity (Wildman–Crippen MR) is 103 cm³/mol. The van der Waals surface area contributed by atoms with Crippen molar-refractivity contribution in [2.45, 2.75) is 38.3 Å². The van der Waals surface area contributed by atoms with Gasteiger partial charge in [0.2, 0.25) is 0 Å². The molecule has 3 aliphatic heterocycles. The Morgan fingerprint density at radius 2 is 1.89 bits per heavy atom. The number of aromatic nitrogens is 2. The Kier molecular flexibility index (Phi) is 4.72. The first-order valence-electron chi connectivity index (χ1n) is 10.5. The van der Waals surface area contributed by atoms with Gasteiger partial charge in [0, 0.05) is 44.3 Å². The molecule has 2 N–H and O–H groups in total. The first-order chi connectivity index (χ1) is 13.6. The highest BCUT2D eigenvalue weighted by molar-refractivity contribution is 5.96. The van der Waals surface area contributed by atoms with Gasteiger partial charge in [0.15, 0.2) is 0 Å². The van der Waals surface area contributed by atoms with E-state index >= 15 is 0 Å². The molecule has 2 saturated heterocycles. The Bertz CT molecular complexity index is 766. The van der Waals surface area contributed by atoms with Crippen LogP contribution >= 0.6 is 0 Å². The highest BCUT2D eigenvalue weighted by Gasteiger charge is 2.44. The number of nitrogens with one attached hydrogen (secondary N) is 1. The number of carbonyl (C=O) groups is 1. The number of fused-ring (bicyclic) bond motifs is 2. The summed E-state index contributed by atoms with van der Waals surface area (Å²) < 4.78 is 5.48. The summed E-state index contributed by atoms with van der Waals surface area (Å²) in [6, 6.07) is 0.233. The number of carbonyl (C=O) groups excluding carboxylic acids is 1. The van der Waals surface area contributed by atoms with Crippen molar-refractivity contribution < 1.29 is 14.6 Å². The van der Waals surface area contributed by atoms with Crippen molar-refractivity contribution in [2.24, 2.45) is 11.8 Å². The zero-order chi connectivity index (χ0) is 19.3. The molecule has 8 nitrogen and oxygen atoms in total. The fraction of sp³-hybridized carbons (Fsp3) is 0.750. The topological polar surface area (TPSA) is 90.8 Å². The van der Waals surface area contributed by atoms with Gasteiger partial charge in [-0.2, -0.15) is 0 Å². The average Bonchev–Trinajstić information content (AvgIpc) is 3.11. The molecule has 0 bridgehead atoms. The van der Waals surface area contributed by atoms with E-state index in [2.05, 4.69) is 20.1 Å². The number of rotatable bonds is 2. The maximum Gasteiger partial charge on any atom is 0.270 e. The SMILES string of the molecule is Cc1nc2c(c(N3C[C@H]4C[C@@H](N5CCOCC5)[C@H](O)C[C@H]4C3)n1)CCNC2=O. The van der Waals surface area contributed by atoms with E-state index < -0.39 is 0 Å². The summed E-state index contributed by atoms with van der Waals surface area (Å²) >= 11 is 0. The normalized spacial score (nSPS) is 33.4. The van der Waals surface area contributed by atoms with Crippen LogP contribution in [-0.4, -0.2) is 84.0 Å². The molecular formula is C20H29N5O3. The van der Waals surface area contributed by atoms with Gasteiger partial charge in [-0.25, -0.2) is 9.97 Å². The molecule has 1 aliphatic carbocycles. The number of aliphatic hydroxyl groups is 1. The molecule has 4 heterocycles. The number of aryl methyl sites for hydroxylation is 1. The largest absolute Gasteiger partial charge is 0.391 e. The Balaban J connectivity index is 1.37. The number of hydrogen-bond acceptors (Lipinski definition) is 7. The van der Waals surface area contributed by atoms with Gasteiger partial charge in [-0.1, -0.05) is 0 Å². The zero-order valence-electron chi connectivity index (χ0n) is 16.4. The lowest BCUT2D eigenvalue weighted by atomic mass is 9.77. The molecule has 152 valence electrons. The van der Waals surface area contributed by atoms with Gasteiger partial charge in [-0.15, -0.1) is 0 Å². The minimum atomic E-state index is -0.272. The minimum Gasteiger partial charge on any atom is -0.391 e. The van der Waals surface area contributed by atoms with Crippen molar-refractivity contribution in [1.29, 1.82) is 0 Å². The number of ether oxygens (including phenoxy) is 1. The van der Waals surface area contributed by atoms with Gasteiger partial charge in [0.25, 0.3) is 5.91 Å². The summed E-state index contributed by atoms with van der Waals surface area (Å²) in [6.07, 6.45) is 2.37. The summed E-state index contributed by atoms with van der Waals surface area (Å²) in [5, 5.41) is 13.7. The second-order valence-electron chi connectivity index (χ2n) is 8.61. The molecule has 0 spiro atoms. The molecule has 3 fully saturated rings. The van der Waals surface area contributed by atoms with Gasteiger partial charge < -0.3 is 20.1 Å². The van der Waals surface area contributed by atoms with Crippen LogP contribution in [0.2, 0.25) is 0 Å². The van der Waals surface area contributed by atoms with Crippen LogP contribution < -0.4 is 10.2 Å². The highest BCUT2D eigenvalue weighted by atomic mass is 16.5. The van der Waals surface area contributed by atoms with Crippen LogP contribution in [0.15, 0.2) is 0 Å². The summed E-state index contributed by atoms with van der Waals surface area (Å²) in [5.74, 6) is 2.53. The average molecular weight is 387 g/mol. The molecule has 1 aromatic rings. The van der Waals surface area contributed by atoms with Crippen LogP contribution in [0.1, 0.15) is 34.7 Å². The molecule has 28 heavy (non-hydrogen) atoms. The summed E-state index contributed by atoms with van der Waals surface area (Å²) in [4.78, 5) is 26.1. The van der Waals surface area contributed by atoms with E-state index in [1.165, 1.54) is 0 Å². The molecule has 1 saturated carbocycles. The molecule has 0 radical (unpaired) electrons. The molecule has 4 atom stereocenters. The van der Waals surface area contributed by atoms with Crippen molar-refractivity contribution in [2.75, 3.05) is 50.8 Å². The van der Waals surface area contributed by atoms with E-state index in [1.807, 2.05) is 6.92 Å². The van der Waals surface area contributed by atoms with Crippen molar-refractivity contribution in [3.05, 3.63) is 17.1 Å². The van der Waals surface area contributed by atoms with E-state index in [4.69, 9.17) is 9.72 Å². The van der Waals surface area contributed by atoms with E-state index in [9.17, 15) is 9.90 Å². The quantitative estimate of drug-likeness (QED) is 0.737. The van der Waals surface area contributed by atoms with Gasteiger partial charge in [-0.3, -0.25) is 9.69 Å². The predicted octanol–water partition coefficient (Wildman–Crippen LogP) is -0.0212. The number of nitrogens with zero attached hydrogens (tertiary/aromatic N) is 4. The molecule has 1 amide bonds. The lowest BCUT2D eigenvalue weighted by molar-refractivity contribution is -0.0520. The number of amides is 1. The summed E-state index contributed by atoms with van der Waals surface area (Å²) in [5.41, 5.74) is 1.52. The van der Waals surface area contributed by atoms with Gasteiger partial charge in [-0.05, 0) is 38.0 Å². The Hall–Kier alpha value is -1.77. The molecule has 4 aliphatic rings. The second kappa shape index (κ2) is 7.24. The number of hydrogen-bond donors (Lipinski definition) is 2. The number of morpholine rings is 1. The fourth-order valence-corrected chi connectivity index (χ4v) is 5.53. The van der Waals surface area contributed by atoms with Crippen LogP contribution in [0.4, 0.5) is 5.82 Å². The van der Waals surface area contributed by atoms with Gasteiger partial charge in [0.1, 0.15) is 17.3 Å². The van der Waals surface area contributed by atoms with Crippen molar-refractivity contribution in [3.8, 4) is 0 Å². The Morgan fingerprint density at radius 3 is 2.68 bits per heavy atom. The Morgan fingerprint density at radius 1 is 1.14 bits per heavy atom. The molecule has 8 heteroatoms. The van der Waals surface area contributed by atoms with E-state index in [0.29, 0.717) is 29.9 Å². The third kappa shape index (κ3) is 3.17. The highest BCUT2D eigenvalue weighted by Crippen LogP contribution is 2.40. The molecular weight excluding hydrogens is 358 g/mol. The second-order valence-corrected chi connectivity index (χ2v) is 8.61. The van der Waals surface area contributed by atoms with Crippen LogP contribution in [0.5, 0.6) is 0 Å². The third-order valence-electron chi connectivity index (χ3n) is 6.90. The van der Waals surface area contributed by atoms with E-state index in [0.717, 1.165) is 70.0 Å². The van der Waals surface area contributed by atoms with Crippen molar-refractivity contribution >= 4 is 11.7 Å². The van der Waals surface area contributed by atoms with Gasteiger partial charge >= 0.3 is 0 Å². The molecule has 0 unspecified atom stereocenters. The van der Waals surface area contributed by atoms with Gasteiger partial charge in [0.05, 0.1) is 19.3 Å².